The van der Waals surface area contributed by atoms with E-state index in [1.54, 1.807) is 0 Å². The predicted molar refractivity (Wildman–Crippen MR) is 53.8 cm³/mol. The van der Waals surface area contributed by atoms with Crippen molar-refractivity contribution in [3.63, 3.8) is 0 Å². The van der Waals surface area contributed by atoms with Gasteiger partial charge < -0.3 is 30.0 Å². The summed E-state index contributed by atoms with van der Waals surface area (Å²) in [5, 5.41) is 26.2. The lowest BCUT2D eigenvalue weighted by Crippen LogP contribution is -2.42. The molecular formula is C5H13Cl2O7P. The lowest BCUT2D eigenvalue weighted by molar-refractivity contribution is -0.0398. The Morgan fingerprint density at radius 1 is 1.07 bits per heavy atom. The second kappa shape index (κ2) is 9.92. The third-order valence-corrected chi connectivity index (χ3v) is 2.33. The molecule has 7 nitrogen and oxygen atoms in total. The quantitative estimate of drug-likeness (QED) is 0.279. The van der Waals surface area contributed by atoms with Gasteiger partial charge in [-0.3, -0.25) is 4.29 Å². The fourth-order valence-electron chi connectivity index (χ4n) is 0.460. The van der Waals surface area contributed by atoms with Crippen LogP contribution in [0.5, 0.6) is 0 Å². The molecule has 0 heterocycles. The number of aliphatic hydroxyl groups is 3. The van der Waals surface area contributed by atoms with Crippen molar-refractivity contribution in [1.82, 2.24) is 0 Å². The van der Waals surface area contributed by atoms with Crippen LogP contribution in [0.1, 0.15) is 0 Å². The third kappa shape index (κ3) is 7.59. The maximum Gasteiger partial charge on any atom is 0.324 e. The summed E-state index contributed by atoms with van der Waals surface area (Å²) in [6.07, 6.45) is 0. The van der Waals surface area contributed by atoms with Gasteiger partial charge in [0.1, 0.15) is 0 Å². The van der Waals surface area contributed by atoms with Gasteiger partial charge in [0, 0.05) is 0 Å². The molecule has 0 aromatic heterocycles. The average molecular weight is 287 g/mol. The molecule has 0 saturated heterocycles. The molecule has 0 aliphatic heterocycles. The zero-order valence-corrected chi connectivity index (χ0v) is 9.90. The summed E-state index contributed by atoms with van der Waals surface area (Å²) in [4.78, 5) is 21.7. The molecule has 0 aromatic carbocycles. The molecule has 0 aliphatic carbocycles. The fraction of sp³-hybridized carbons (Fsp3) is 1.00. The molecule has 0 aromatic rings. The van der Waals surface area contributed by atoms with Crippen LogP contribution in [0.3, 0.4) is 0 Å². The minimum Gasteiger partial charge on any atom is -0.395 e. The molecule has 1 unspecified atom stereocenters. The molecule has 94 valence electrons. The van der Waals surface area contributed by atoms with Crippen molar-refractivity contribution in [2.24, 2.45) is 5.41 Å². The Morgan fingerprint density at radius 3 is 1.40 bits per heavy atom. The largest absolute Gasteiger partial charge is 0.395 e. The van der Waals surface area contributed by atoms with E-state index < -0.39 is 39.4 Å². The van der Waals surface area contributed by atoms with Crippen molar-refractivity contribution in [3.8, 4) is 0 Å². The Bertz CT molecular complexity index is 134. The maximum atomic E-state index is 8.73. The Labute approximate surface area is 97.6 Å². The fourth-order valence-corrected chi connectivity index (χ4v) is 0.856. The van der Waals surface area contributed by atoms with Gasteiger partial charge in [-0.2, -0.15) is 0 Å². The number of aliphatic hydroxyl groups excluding tert-OH is 3. The van der Waals surface area contributed by atoms with Crippen LogP contribution in [0.2, 0.25) is 0 Å². The third-order valence-electron chi connectivity index (χ3n) is 1.50. The van der Waals surface area contributed by atoms with Crippen LogP contribution in [-0.4, -0.2) is 55.4 Å². The monoisotopic (exact) mass is 286 g/mol. The van der Waals surface area contributed by atoms with Crippen LogP contribution in [0.15, 0.2) is 0 Å². The lowest BCUT2D eigenvalue weighted by Gasteiger charge is -2.29. The van der Waals surface area contributed by atoms with Crippen molar-refractivity contribution in [3.05, 3.63) is 0 Å². The van der Waals surface area contributed by atoms with Crippen molar-refractivity contribution in [2.75, 3.05) is 19.8 Å². The SMILES string of the molecule is OCC(CO)(CO)C(Cl)OCl.OP(O)O. The zero-order chi connectivity index (χ0) is 12.5. The summed E-state index contributed by atoms with van der Waals surface area (Å²) in [5.74, 6) is 0. The first-order valence-corrected chi connectivity index (χ1v) is 5.45. The summed E-state index contributed by atoms with van der Waals surface area (Å²) in [6.45, 7) is -1.50. The standard InChI is InChI=1S/C5H10Cl2O4.H3O3P/c6-4(11-7)5(1-8,2-9)3-10;1-4(2)3/h4,8-10H,1-3H2;1-3H. The first-order chi connectivity index (χ1) is 6.90. The molecule has 0 bridgehead atoms. The van der Waals surface area contributed by atoms with E-state index in [-0.39, 0.29) is 0 Å². The van der Waals surface area contributed by atoms with E-state index in [2.05, 4.69) is 4.29 Å². The van der Waals surface area contributed by atoms with Gasteiger partial charge in [0.2, 0.25) is 0 Å². The number of rotatable bonds is 5. The van der Waals surface area contributed by atoms with Crippen LogP contribution >= 0.6 is 32.1 Å². The number of hydrogen-bond acceptors (Lipinski definition) is 7. The molecule has 10 heteroatoms. The summed E-state index contributed by atoms with van der Waals surface area (Å²) >= 11 is 10.4. The predicted octanol–water partition coefficient (Wildman–Crippen LogP) is -1.12. The smallest absolute Gasteiger partial charge is 0.324 e. The minimum absolute atomic E-state index is 0.499. The Balaban J connectivity index is 0. The van der Waals surface area contributed by atoms with Crippen molar-refractivity contribution >= 4 is 32.1 Å². The molecule has 0 aliphatic rings. The Kier molecular flexibility index (Phi) is 12.0. The van der Waals surface area contributed by atoms with Crippen LogP contribution in [-0.2, 0) is 4.29 Å². The van der Waals surface area contributed by atoms with Crippen LogP contribution < -0.4 is 0 Å². The summed E-state index contributed by atoms with van der Waals surface area (Å²) in [5.41, 5.74) is -2.41. The van der Waals surface area contributed by atoms with E-state index >= 15 is 0 Å². The van der Waals surface area contributed by atoms with Gasteiger partial charge in [0.25, 0.3) is 0 Å². The van der Waals surface area contributed by atoms with Crippen LogP contribution in [0, 0.1) is 5.41 Å². The molecule has 6 N–H and O–H groups in total. The van der Waals surface area contributed by atoms with Gasteiger partial charge in [-0.05, 0) is 0 Å². The maximum absolute atomic E-state index is 8.73. The van der Waals surface area contributed by atoms with E-state index in [1.165, 1.54) is 0 Å². The molecule has 1 atom stereocenters. The Morgan fingerprint density at radius 2 is 1.33 bits per heavy atom. The highest BCUT2D eigenvalue weighted by Crippen LogP contribution is 2.26. The first-order valence-electron chi connectivity index (χ1n) is 3.51. The van der Waals surface area contributed by atoms with E-state index in [9.17, 15) is 0 Å². The van der Waals surface area contributed by atoms with E-state index in [1.807, 2.05) is 0 Å². The van der Waals surface area contributed by atoms with E-state index in [4.69, 9.17) is 53.5 Å². The number of alkyl halides is 1. The molecular weight excluding hydrogens is 274 g/mol. The highest BCUT2D eigenvalue weighted by atomic mass is 35.5. The summed E-state index contributed by atoms with van der Waals surface area (Å²) < 4.78 is 4.15. The second-order valence-corrected chi connectivity index (χ2v) is 3.62. The molecule has 0 amide bonds. The van der Waals surface area contributed by atoms with Gasteiger partial charge in [0.15, 0.2) is 5.56 Å². The van der Waals surface area contributed by atoms with Crippen LogP contribution in [0.25, 0.3) is 0 Å². The van der Waals surface area contributed by atoms with E-state index in [0.29, 0.717) is 0 Å². The summed E-state index contributed by atoms with van der Waals surface area (Å²) in [6, 6.07) is 0. The molecule has 0 rings (SSSR count). The highest BCUT2D eigenvalue weighted by molar-refractivity contribution is 7.38. The minimum atomic E-state index is -2.62. The highest BCUT2D eigenvalue weighted by Gasteiger charge is 2.37. The average Bonchev–Trinajstić information content (AvgIpc) is 2.20. The normalized spacial score (nSPS) is 13.4. The van der Waals surface area contributed by atoms with E-state index in [0.717, 1.165) is 0 Å². The molecule has 0 spiro atoms. The Hall–Kier alpha value is 0.730. The second-order valence-electron chi connectivity index (χ2n) is 2.51. The van der Waals surface area contributed by atoms with Crippen molar-refractivity contribution < 1.29 is 34.3 Å². The zero-order valence-electron chi connectivity index (χ0n) is 7.49. The lowest BCUT2D eigenvalue weighted by atomic mass is 9.92. The first kappa shape index (κ1) is 18.1. The van der Waals surface area contributed by atoms with Gasteiger partial charge >= 0.3 is 8.60 Å². The van der Waals surface area contributed by atoms with Gasteiger partial charge in [0.05, 0.1) is 37.1 Å². The molecule has 15 heavy (non-hydrogen) atoms. The molecule has 0 radical (unpaired) electrons. The van der Waals surface area contributed by atoms with Gasteiger partial charge in [-0.1, -0.05) is 11.6 Å². The van der Waals surface area contributed by atoms with Gasteiger partial charge in [-0.25, -0.2) is 0 Å². The molecule has 0 saturated carbocycles. The topological polar surface area (TPSA) is 131 Å². The van der Waals surface area contributed by atoms with Crippen molar-refractivity contribution in [1.29, 1.82) is 0 Å². The number of hydrogen-bond donors (Lipinski definition) is 6. The summed E-state index contributed by atoms with van der Waals surface area (Å²) in [7, 11) is -2.62. The van der Waals surface area contributed by atoms with Crippen LogP contribution in [0.4, 0.5) is 0 Å². The van der Waals surface area contributed by atoms with Gasteiger partial charge in [-0.15, -0.1) is 0 Å². The molecule has 0 fully saturated rings. The number of halogens is 2. The van der Waals surface area contributed by atoms with Crippen molar-refractivity contribution in [2.45, 2.75) is 5.56 Å².